The van der Waals surface area contributed by atoms with Gasteiger partial charge in [-0.05, 0) is 24.1 Å². The second-order valence-corrected chi connectivity index (χ2v) is 5.32. The molecule has 7 heteroatoms. The van der Waals surface area contributed by atoms with Crippen molar-refractivity contribution in [2.45, 2.75) is 18.7 Å². The number of benzene rings is 1. The van der Waals surface area contributed by atoms with Gasteiger partial charge in [0.1, 0.15) is 0 Å². The topological polar surface area (TPSA) is 106 Å². The lowest BCUT2D eigenvalue weighted by Crippen LogP contribution is -2.40. The first-order valence-corrected chi connectivity index (χ1v) is 6.94. The molecule has 0 radical (unpaired) electrons. The highest BCUT2D eigenvalue weighted by Crippen LogP contribution is 2.21. The number of thioether (sulfide) groups is 1. The number of aliphatic hydroxyl groups is 1. The molecule has 0 spiro atoms. The van der Waals surface area contributed by atoms with Gasteiger partial charge in [-0.2, -0.15) is 5.26 Å². The molecule has 0 aliphatic carbocycles. The van der Waals surface area contributed by atoms with E-state index < -0.39 is 18.4 Å². The summed E-state index contributed by atoms with van der Waals surface area (Å²) in [6.45, 7) is 0. The van der Waals surface area contributed by atoms with E-state index in [1.54, 1.807) is 18.2 Å². The van der Waals surface area contributed by atoms with Gasteiger partial charge in [-0.25, -0.2) is 9.79 Å². The number of aliphatic imine (C=N–C) groups is 1. The molecule has 1 aromatic carbocycles. The first-order valence-electron chi connectivity index (χ1n) is 5.95. The van der Waals surface area contributed by atoms with Crippen LogP contribution in [0.5, 0.6) is 0 Å². The van der Waals surface area contributed by atoms with Crippen molar-refractivity contribution in [3.8, 4) is 6.07 Å². The minimum Gasteiger partial charge on any atom is -0.465 e. The molecule has 2 rings (SSSR count). The molecule has 0 saturated heterocycles. The monoisotopic (exact) mass is 291 g/mol. The zero-order valence-electron chi connectivity index (χ0n) is 10.5. The summed E-state index contributed by atoms with van der Waals surface area (Å²) in [6.07, 6.45) is -1.53. The highest BCUT2D eigenvalue weighted by Gasteiger charge is 2.25. The van der Waals surface area contributed by atoms with Crippen LogP contribution in [0.4, 0.5) is 4.79 Å². The van der Waals surface area contributed by atoms with Crippen molar-refractivity contribution in [3.05, 3.63) is 35.4 Å². The maximum absolute atomic E-state index is 10.9. The Hall–Kier alpha value is -2.04. The zero-order chi connectivity index (χ0) is 14.5. The fraction of sp³-hybridized carbons (Fsp3) is 0.308. The fourth-order valence-electron chi connectivity index (χ4n) is 1.92. The maximum Gasteiger partial charge on any atom is 0.405 e. The van der Waals surface area contributed by atoms with E-state index in [0.29, 0.717) is 22.8 Å². The van der Waals surface area contributed by atoms with E-state index in [1.807, 2.05) is 12.1 Å². The molecule has 0 fully saturated rings. The lowest BCUT2D eigenvalue weighted by Gasteiger charge is -2.16. The van der Waals surface area contributed by atoms with Crippen LogP contribution in [0, 0.1) is 11.3 Å². The number of amides is 1. The molecule has 2 unspecified atom stereocenters. The molecular formula is C13H13N3O3S. The van der Waals surface area contributed by atoms with Gasteiger partial charge < -0.3 is 15.5 Å². The SMILES string of the molecule is N#Cc1cccc(CC(NC(=O)O)C2=NC(O)CS2)c1. The summed E-state index contributed by atoms with van der Waals surface area (Å²) in [4.78, 5) is 14.9. The first-order chi connectivity index (χ1) is 9.58. The van der Waals surface area contributed by atoms with E-state index in [4.69, 9.17) is 10.4 Å². The van der Waals surface area contributed by atoms with Crippen LogP contribution in [0.25, 0.3) is 0 Å². The number of aliphatic hydroxyl groups excluding tert-OH is 1. The van der Waals surface area contributed by atoms with Gasteiger partial charge >= 0.3 is 6.09 Å². The van der Waals surface area contributed by atoms with Gasteiger partial charge in [0.15, 0.2) is 6.23 Å². The van der Waals surface area contributed by atoms with E-state index in [0.717, 1.165) is 5.56 Å². The molecule has 0 saturated carbocycles. The van der Waals surface area contributed by atoms with E-state index >= 15 is 0 Å². The minimum atomic E-state index is -1.14. The van der Waals surface area contributed by atoms with Crippen molar-refractivity contribution >= 4 is 22.9 Å². The van der Waals surface area contributed by atoms with Gasteiger partial charge in [-0.15, -0.1) is 11.8 Å². The minimum absolute atomic E-state index is 0.389. The second kappa shape index (κ2) is 6.41. The average molecular weight is 291 g/mol. The zero-order valence-corrected chi connectivity index (χ0v) is 11.3. The summed E-state index contributed by atoms with van der Waals surface area (Å²) in [5.41, 5.74) is 1.37. The van der Waals surface area contributed by atoms with E-state index in [2.05, 4.69) is 10.3 Å². The molecule has 0 aromatic heterocycles. The van der Waals surface area contributed by atoms with Gasteiger partial charge in [0.25, 0.3) is 0 Å². The van der Waals surface area contributed by atoms with Crippen molar-refractivity contribution in [2.24, 2.45) is 4.99 Å². The molecule has 104 valence electrons. The van der Waals surface area contributed by atoms with E-state index in [1.165, 1.54) is 11.8 Å². The van der Waals surface area contributed by atoms with Crippen LogP contribution in [0.2, 0.25) is 0 Å². The molecule has 1 heterocycles. The maximum atomic E-state index is 10.9. The van der Waals surface area contributed by atoms with Crippen LogP contribution >= 0.6 is 11.8 Å². The quantitative estimate of drug-likeness (QED) is 0.773. The average Bonchev–Trinajstić information content (AvgIpc) is 2.84. The number of hydrogen-bond donors (Lipinski definition) is 3. The molecule has 1 aromatic rings. The Morgan fingerprint density at radius 1 is 1.65 bits per heavy atom. The first kappa shape index (κ1) is 14.4. The lowest BCUT2D eigenvalue weighted by atomic mass is 10.0. The van der Waals surface area contributed by atoms with Gasteiger partial charge in [-0.3, -0.25) is 0 Å². The Balaban J connectivity index is 2.17. The molecule has 2 atom stereocenters. The van der Waals surface area contributed by atoms with Crippen molar-refractivity contribution < 1.29 is 15.0 Å². The second-order valence-electron chi connectivity index (χ2n) is 4.28. The third-order valence-corrected chi connectivity index (χ3v) is 3.90. The molecule has 6 nitrogen and oxygen atoms in total. The summed E-state index contributed by atoms with van der Waals surface area (Å²) in [5.74, 6) is 0.436. The van der Waals surface area contributed by atoms with Gasteiger partial charge in [0.2, 0.25) is 0 Å². The highest BCUT2D eigenvalue weighted by atomic mass is 32.2. The molecule has 0 bridgehead atoms. The Morgan fingerprint density at radius 2 is 2.45 bits per heavy atom. The van der Waals surface area contributed by atoms with Gasteiger partial charge in [0, 0.05) is 5.75 Å². The van der Waals surface area contributed by atoms with Crippen molar-refractivity contribution in [1.82, 2.24) is 5.32 Å². The predicted octanol–water partition coefficient (Wildman–Crippen LogP) is 1.20. The smallest absolute Gasteiger partial charge is 0.405 e. The standard InChI is InChI=1S/C13H13N3O3S/c14-6-9-3-1-2-8(4-9)5-10(15-13(18)19)12-16-11(17)7-20-12/h1-4,10-11,15,17H,5,7H2,(H,18,19). The van der Waals surface area contributed by atoms with Crippen molar-refractivity contribution in [1.29, 1.82) is 5.26 Å². The molecule has 20 heavy (non-hydrogen) atoms. The van der Waals surface area contributed by atoms with Crippen molar-refractivity contribution in [3.63, 3.8) is 0 Å². The summed E-state index contributed by atoms with van der Waals surface area (Å²) in [7, 11) is 0. The summed E-state index contributed by atoms with van der Waals surface area (Å²) in [5, 5.41) is 30.1. The fourth-order valence-corrected chi connectivity index (χ4v) is 2.86. The molecular weight excluding hydrogens is 278 g/mol. The Kier molecular flexibility index (Phi) is 4.61. The van der Waals surface area contributed by atoms with Crippen LogP contribution in [0.15, 0.2) is 29.3 Å². The Labute approximate surface area is 120 Å². The molecule has 1 aliphatic rings. The third kappa shape index (κ3) is 3.73. The molecule has 1 aliphatic heterocycles. The van der Waals surface area contributed by atoms with E-state index in [-0.39, 0.29) is 0 Å². The van der Waals surface area contributed by atoms with Crippen LogP contribution < -0.4 is 5.32 Å². The summed E-state index contributed by atoms with van der Waals surface area (Å²) in [6, 6.07) is 8.52. The summed E-state index contributed by atoms with van der Waals surface area (Å²) >= 11 is 1.34. The molecule has 3 N–H and O–H groups in total. The number of hydrogen-bond acceptors (Lipinski definition) is 5. The van der Waals surface area contributed by atoms with Crippen LogP contribution in [-0.2, 0) is 6.42 Å². The van der Waals surface area contributed by atoms with Gasteiger partial charge in [-0.1, -0.05) is 12.1 Å². The highest BCUT2D eigenvalue weighted by molar-refractivity contribution is 8.14. The van der Waals surface area contributed by atoms with Crippen molar-refractivity contribution in [2.75, 3.05) is 5.75 Å². The molecule has 1 amide bonds. The predicted molar refractivity (Wildman–Crippen MR) is 75.7 cm³/mol. The largest absolute Gasteiger partial charge is 0.465 e. The normalized spacial score (nSPS) is 19.0. The van der Waals surface area contributed by atoms with Crippen LogP contribution in [0.1, 0.15) is 11.1 Å². The summed E-state index contributed by atoms with van der Waals surface area (Å²) < 4.78 is 0. The number of nitriles is 1. The van der Waals surface area contributed by atoms with Crippen LogP contribution in [0.3, 0.4) is 0 Å². The van der Waals surface area contributed by atoms with Gasteiger partial charge in [0.05, 0.1) is 22.7 Å². The Bertz CT molecular complexity index is 582. The number of rotatable bonds is 4. The third-order valence-electron chi connectivity index (χ3n) is 2.75. The number of carboxylic acid groups (broad SMARTS) is 1. The Morgan fingerprint density at radius 3 is 3.05 bits per heavy atom. The number of nitrogens with one attached hydrogen (secondary N) is 1. The number of nitrogens with zero attached hydrogens (tertiary/aromatic N) is 2. The van der Waals surface area contributed by atoms with E-state index in [9.17, 15) is 9.90 Å². The van der Waals surface area contributed by atoms with Crippen LogP contribution in [-0.4, -0.2) is 39.4 Å². The lowest BCUT2D eigenvalue weighted by molar-refractivity contribution is 0.192. The number of carbonyl (C=O) groups is 1.